The first-order valence-corrected chi connectivity index (χ1v) is 8.42. The van der Waals surface area contributed by atoms with Crippen LogP contribution in [-0.2, 0) is 10.0 Å². The summed E-state index contributed by atoms with van der Waals surface area (Å²) in [6.45, 7) is 0. The predicted octanol–water partition coefficient (Wildman–Crippen LogP) is 3.65. The molecule has 0 aliphatic rings. The van der Waals surface area contributed by atoms with Gasteiger partial charge in [-0.15, -0.1) is 0 Å². The van der Waals surface area contributed by atoms with Gasteiger partial charge in [0, 0.05) is 16.1 Å². The van der Waals surface area contributed by atoms with E-state index in [0.717, 1.165) is 5.39 Å². The Labute approximate surface area is 131 Å². The van der Waals surface area contributed by atoms with E-state index in [1.165, 1.54) is 3.97 Å². The second kappa shape index (κ2) is 5.20. The van der Waals surface area contributed by atoms with Crippen molar-refractivity contribution in [2.24, 2.45) is 0 Å². The average molecular weight is 366 g/mol. The first-order valence-electron chi connectivity index (χ1n) is 6.19. The first-order chi connectivity index (χ1) is 10.0. The van der Waals surface area contributed by atoms with Crippen LogP contribution in [0.5, 0.6) is 5.75 Å². The Balaban J connectivity index is 2.23. The molecule has 0 aliphatic heterocycles. The minimum atomic E-state index is -3.64. The molecule has 0 atom stereocenters. The van der Waals surface area contributed by atoms with Gasteiger partial charge in [-0.05, 0) is 52.3 Å². The summed E-state index contributed by atoms with van der Waals surface area (Å²) < 4.78 is 32.5. The van der Waals surface area contributed by atoms with Gasteiger partial charge in [0.15, 0.2) is 0 Å². The molecule has 6 heteroatoms. The lowest BCUT2D eigenvalue weighted by atomic mass is 10.2. The standard InChI is InChI=1S/C15H12BrNO3S/c1-20-12-6-7-14-11(10-12)8-9-17(14)21(18,19)15-5-3-2-4-13(15)16/h2-10H,1H3. The summed E-state index contributed by atoms with van der Waals surface area (Å²) >= 11 is 3.29. The van der Waals surface area contributed by atoms with E-state index in [0.29, 0.717) is 15.7 Å². The van der Waals surface area contributed by atoms with Crippen molar-refractivity contribution in [3.63, 3.8) is 0 Å². The van der Waals surface area contributed by atoms with Crippen molar-refractivity contribution in [2.75, 3.05) is 7.11 Å². The number of benzene rings is 2. The highest BCUT2D eigenvalue weighted by Gasteiger charge is 2.21. The highest BCUT2D eigenvalue weighted by molar-refractivity contribution is 9.10. The molecular weight excluding hydrogens is 354 g/mol. The van der Waals surface area contributed by atoms with Crippen LogP contribution in [0.1, 0.15) is 0 Å². The Hall–Kier alpha value is -1.79. The zero-order valence-electron chi connectivity index (χ0n) is 11.2. The molecule has 0 radical (unpaired) electrons. The van der Waals surface area contributed by atoms with Crippen LogP contribution in [-0.4, -0.2) is 19.5 Å². The molecule has 1 heterocycles. The highest BCUT2D eigenvalue weighted by Crippen LogP contribution is 2.28. The van der Waals surface area contributed by atoms with E-state index in [2.05, 4.69) is 15.9 Å². The summed E-state index contributed by atoms with van der Waals surface area (Å²) in [4.78, 5) is 0.235. The van der Waals surface area contributed by atoms with Crippen LogP contribution in [0.15, 0.2) is 64.1 Å². The summed E-state index contributed by atoms with van der Waals surface area (Å²) in [6, 6.07) is 13.8. The van der Waals surface area contributed by atoms with Gasteiger partial charge in [0.25, 0.3) is 10.0 Å². The van der Waals surface area contributed by atoms with Crippen LogP contribution in [0, 0.1) is 0 Å². The maximum Gasteiger partial charge on any atom is 0.269 e. The van der Waals surface area contributed by atoms with Crippen LogP contribution in [0.2, 0.25) is 0 Å². The zero-order valence-corrected chi connectivity index (χ0v) is 13.6. The van der Waals surface area contributed by atoms with Crippen LogP contribution >= 0.6 is 15.9 Å². The molecule has 1 aromatic heterocycles. The third-order valence-corrected chi connectivity index (χ3v) is 5.94. The molecule has 3 aromatic rings. The quantitative estimate of drug-likeness (QED) is 0.711. The van der Waals surface area contributed by atoms with Crippen LogP contribution in [0.25, 0.3) is 10.9 Å². The summed E-state index contributed by atoms with van der Waals surface area (Å²) in [5.74, 6) is 0.693. The van der Waals surface area contributed by atoms with E-state index in [4.69, 9.17) is 4.74 Å². The fourth-order valence-electron chi connectivity index (χ4n) is 2.19. The molecule has 0 saturated carbocycles. The number of nitrogens with zero attached hydrogens (tertiary/aromatic N) is 1. The number of methoxy groups -OCH3 is 1. The van der Waals surface area contributed by atoms with Crippen molar-refractivity contribution < 1.29 is 13.2 Å². The smallest absolute Gasteiger partial charge is 0.269 e. The lowest BCUT2D eigenvalue weighted by Gasteiger charge is -2.09. The van der Waals surface area contributed by atoms with Crippen molar-refractivity contribution in [1.29, 1.82) is 0 Å². The number of ether oxygens (including phenoxy) is 1. The summed E-state index contributed by atoms with van der Waals surface area (Å²) in [5.41, 5.74) is 0.617. The summed E-state index contributed by atoms with van der Waals surface area (Å²) in [5, 5.41) is 0.810. The number of rotatable bonds is 3. The molecule has 0 bridgehead atoms. The third kappa shape index (κ3) is 2.34. The zero-order chi connectivity index (χ0) is 15.0. The molecule has 0 fully saturated rings. The second-order valence-electron chi connectivity index (χ2n) is 4.47. The third-order valence-electron chi connectivity index (χ3n) is 3.24. The topological polar surface area (TPSA) is 48.3 Å². The van der Waals surface area contributed by atoms with Crippen LogP contribution in [0.4, 0.5) is 0 Å². The normalized spacial score (nSPS) is 11.7. The lowest BCUT2D eigenvalue weighted by Crippen LogP contribution is -2.12. The maximum atomic E-state index is 12.8. The Morgan fingerprint density at radius 3 is 2.57 bits per heavy atom. The van der Waals surface area contributed by atoms with Gasteiger partial charge in [0.2, 0.25) is 0 Å². The number of hydrogen-bond donors (Lipinski definition) is 0. The molecule has 4 nitrogen and oxygen atoms in total. The molecule has 108 valence electrons. The van der Waals surface area contributed by atoms with E-state index in [-0.39, 0.29) is 4.90 Å². The number of fused-ring (bicyclic) bond motifs is 1. The summed E-state index contributed by atoms with van der Waals surface area (Å²) in [7, 11) is -2.06. The van der Waals surface area contributed by atoms with Crippen LogP contribution in [0.3, 0.4) is 0 Å². The fourth-order valence-corrected chi connectivity index (χ4v) is 4.51. The van der Waals surface area contributed by atoms with Crippen molar-refractivity contribution in [3.8, 4) is 5.75 Å². The Bertz CT molecular complexity index is 916. The number of hydrogen-bond acceptors (Lipinski definition) is 3. The minimum Gasteiger partial charge on any atom is -0.497 e. The Kier molecular flexibility index (Phi) is 3.51. The van der Waals surface area contributed by atoms with E-state index >= 15 is 0 Å². The first kappa shape index (κ1) is 14.2. The molecule has 2 aromatic carbocycles. The van der Waals surface area contributed by atoms with Crippen molar-refractivity contribution in [3.05, 3.63) is 59.2 Å². The van der Waals surface area contributed by atoms with E-state index in [9.17, 15) is 8.42 Å². The molecule has 0 unspecified atom stereocenters. The van der Waals surface area contributed by atoms with E-state index < -0.39 is 10.0 Å². The van der Waals surface area contributed by atoms with Crippen LogP contribution < -0.4 is 4.74 Å². The molecule has 0 amide bonds. The largest absolute Gasteiger partial charge is 0.497 e. The van der Waals surface area contributed by atoms with Gasteiger partial charge in [-0.25, -0.2) is 12.4 Å². The van der Waals surface area contributed by atoms with Gasteiger partial charge in [-0.3, -0.25) is 0 Å². The lowest BCUT2D eigenvalue weighted by molar-refractivity contribution is 0.415. The minimum absolute atomic E-state index is 0.235. The SMILES string of the molecule is COc1ccc2c(ccn2S(=O)(=O)c2ccccc2Br)c1. The molecule has 0 saturated heterocycles. The number of aromatic nitrogens is 1. The highest BCUT2D eigenvalue weighted by atomic mass is 79.9. The van der Waals surface area contributed by atoms with Gasteiger partial charge < -0.3 is 4.74 Å². The van der Waals surface area contributed by atoms with Crippen molar-refractivity contribution >= 4 is 36.9 Å². The van der Waals surface area contributed by atoms with Crippen molar-refractivity contribution in [2.45, 2.75) is 4.90 Å². The molecule has 0 aliphatic carbocycles. The predicted molar refractivity (Wildman–Crippen MR) is 85.2 cm³/mol. The van der Waals surface area contributed by atoms with Gasteiger partial charge in [-0.1, -0.05) is 12.1 Å². The van der Waals surface area contributed by atoms with Crippen molar-refractivity contribution in [1.82, 2.24) is 3.97 Å². The van der Waals surface area contributed by atoms with E-state index in [1.54, 1.807) is 61.8 Å². The Morgan fingerprint density at radius 2 is 1.86 bits per heavy atom. The Morgan fingerprint density at radius 1 is 1.10 bits per heavy atom. The maximum absolute atomic E-state index is 12.8. The molecule has 21 heavy (non-hydrogen) atoms. The molecular formula is C15H12BrNO3S. The van der Waals surface area contributed by atoms with Gasteiger partial charge in [0.1, 0.15) is 10.6 Å². The van der Waals surface area contributed by atoms with Gasteiger partial charge in [0.05, 0.1) is 12.6 Å². The molecule has 0 spiro atoms. The monoisotopic (exact) mass is 365 g/mol. The fraction of sp³-hybridized carbons (Fsp3) is 0.0667. The van der Waals surface area contributed by atoms with Gasteiger partial charge in [-0.2, -0.15) is 0 Å². The molecule has 0 N–H and O–H groups in total. The summed E-state index contributed by atoms with van der Waals surface area (Å²) in [6.07, 6.45) is 1.55. The average Bonchev–Trinajstić information content (AvgIpc) is 2.91. The molecule has 3 rings (SSSR count). The number of halogens is 1. The van der Waals surface area contributed by atoms with Gasteiger partial charge >= 0.3 is 0 Å². The van der Waals surface area contributed by atoms with E-state index in [1.807, 2.05) is 0 Å². The second-order valence-corrected chi connectivity index (χ2v) is 7.11.